The quantitative estimate of drug-likeness (QED) is 0.781. The number of methoxy groups -OCH3 is 1. The van der Waals surface area contributed by atoms with Gasteiger partial charge in [-0.2, -0.15) is 0 Å². The largest absolute Gasteiger partial charge is 0.481 e. The highest BCUT2D eigenvalue weighted by Crippen LogP contribution is 2.32. The van der Waals surface area contributed by atoms with E-state index in [1.54, 1.807) is 4.90 Å². The molecule has 0 aliphatic carbocycles. The van der Waals surface area contributed by atoms with Crippen LogP contribution in [0.2, 0.25) is 0 Å². The maximum absolute atomic E-state index is 12.0. The van der Waals surface area contributed by atoms with Gasteiger partial charge >= 0.3 is 5.97 Å². The molecule has 5 nitrogen and oxygen atoms in total. The minimum Gasteiger partial charge on any atom is -0.481 e. The standard InChI is InChI=1S/C12H21NO4/c1-4-9(2)10(14)13-6-5-12(7-13,8-17-3)11(15)16/h9H,4-8H2,1-3H3,(H,15,16). The molecule has 0 aromatic heterocycles. The van der Waals surface area contributed by atoms with Crippen molar-refractivity contribution < 1.29 is 19.4 Å². The Morgan fingerprint density at radius 1 is 1.53 bits per heavy atom. The van der Waals surface area contributed by atoms with Crippen LogP contribution in [0.4, 0.5) is 0 Å². The first-order valence-corrected chi connectivity index (χ1v) is 5.98. The Kier molecular flexibility index (Phi) is 4.51. The van der Waals surface area contributed by atoms with Gasteiger partial charge in [0.1, 0.15) is 5.41 Å². The summed E-state index contributed by atoms with van der Waals surface area (Å²) in [5.41, 5.74) is -0.919. The van der Waals surface area contributed by atoms with E-state index in [0.29, 0.717) is 13.0 Å². The van der Waals surface area contributed by atoms with Crippen LogP contribution in [0, 0.1) is 11.3 Å². The highest BCUT2D eigenvalue weighted by molar-refractivity contribution is 5.82. The second-order valence-electron chi connectivity index (χ2n) is 4.84. The van der Waals surface area contributed by atoms with Crippen LogP contribution in [0.15, 0.2) is 0 Å². The van der Waals surface area contributed by atoms with Crippen LogP contribution in [0.1, 0.15) is 26.7 Å². The molecule has 98 valence electrons. The molecule has 1 saturated heterocycles. The lowest BCUT2D eigenvalue weighted by Gasteiger charge is -2.25. The summed E-state index contributed by atoms with van der Waals surface area (Å²) >= 11 is 0. The van der Waals surface area contributed by atoms with E-state index < -0.39 is 11.4 Å². The van der Waals surface area contributed by atoms with Crippen molar-refractivity contribution in [1.82, 2.24) is 4.90 Å². The second-order valence-corrected chi connectivity index (χ2v) is 4.84. The van der Waals surface area contributed by atoms with Gasteiger partial charge in [0, 0.05) is 26.1 Å². The molecule has 1 aliphatic heterocycles. The third-order valence-electron chi connectivity index (χ3n) is 3.57. The number of aliphatic carboxylic acids is 1. The molecular weight excluding hydrogens is 222 g/mol. The zero-order valence-corrected chi connectivity index (χ0v) is 10.7. The fraction of sp³-hybridized carbons (Fsp3) is 0.833. The molecular formula is C12H21NO4. The Hall–Kier alpha value is -1.10. The average molecular weight is 243 g/mol. The molecule has 1 fully saturated rings. The highest BCUT2D eigenvalue weighted by atomic mass is 16.5. The number of ether oxygens (including phenoxy) is 1. The van der Waals surface area contributed by atoms with E-state index >= 15 is 0 Å². The second kappa shape index (κ2) is 5.49. The third kappa shape index (κ3) is 2.77. The van der Waals surface area contributed by atoms with Crippen molar-refractivity contribution >= 4 is 11.9 Å². The van der Waals surface area contributed by atoms with Gasteiger partial charge in [0.2, 0.25) is 5.91 Å². The summed E-state index contributed by atoms with van der Waals surface area (Å²) in [4.78, 5) is 24.9. The lowest BCUT2D eigenvalue weighted by Crippen LogP contribution is -2.41. The van der Waals surface area contributed by atoms with Crippen LogP contribution >= 0.6 is 0 Å². The molecule has 0 aromatic carbocycles. The highest BCUT2D eigenvalue weighted by Gasteiger charge is 2.46. The number of nitrogens with zero attached hydrogens (tertiary/aromatic N) is 1. The van der Waals surface area contributed by atoms with Gasteiger partial charge < -0.3 is 14.7 Å². The summed E-state index contributed by atoms with van der Waals surface area (Å²) < 4.78 is 4.99. The summed E-state index contributed by atoms with van der Waals surface area (Å²) in [6.07, 6.45) is 1.25. The number of carboxylic acids is 1. The lowest BCUT2D eigenvalue weighted by atomic mass is 9.88. The van der Waals surface area contributed by atoms with Crippen LogP contribution in [0.25, 0.3) is 0 Å². The van der Waals surface area contributed by atoms with Gasteiger partial charge in [-0.1, -0.05) is 13.8 Å². The lowest BCUT2D eigenvalue weighted by molar-refractivity contribution is -0.151. The smallest absolute Gasteiger partial charge is 0.313 e. The predicted molar refractivity (Wildman–Crippen MR) is 62.6 cm³/mol. The molecule has 1 heterocycles. The molecule has 1 amide bonds. The molecule has 1 aliphatic rings. The van der Waals surface area contributed by atoms with Crippen molar-refractivity contribution in [3.05, 3.63) is 0 Å². The fourth-order valence-electron chi connectivity index (χ4n) is 2.18. The normalized spacial score (nSPS) is 25.9. The van der Waals surface area contributed by atoms with E-state index in [2.05, 4.69) is 0 Å². The third-order valence-corrected chi connectivity index (χ3v) is 3.57. The maximum atomic E-state index is 12.0. The van der Waals surface area contributed by atoms with E-state index in [1.165, 1.54) is 7.11 Å². The van der Waals surface area contributed by atoms with E-state index in [9.17, 15) is 14.7 Å². The van der Waals surface area contributed by atoms with Gasteiger partial charge in [-0.3, -0.25) is 9.59 Å². The summed E-state index contributed by atoms with van der Waals surface area (Å²) in [7, 11) is 1.49. The van der Waals surface area contributed by atoms with Gasteiger partial charge in [-0.25, -0.2) is 0 Å². The van der Waals surface area contributed by atoms with Crippen LogP contribution in [0.5, 0.6) is 0 Å². The summed E-state index contributed by atoms with van der Waals surface area (Å²) in [5.74, 6) is -0.868. The molecule has 17 heavy (non-hydrogen) atoms. The van der Waals surface area contributed by atoms with Crippen LogP contribution in [-0.2, 0) is 14.3 Å². The summed E-state index contributed by atoms with van der Waals surface area (Å²) in [6, 6.07) is 0. The predicted octanol–water partition coefficient (Wildman–Crippen LogP) is 0.982. The van der Waals surface area contributed by atoms with Gasteiger partial charge in [0.15, 0.2) is 0 Å². The zero-order valence-electron chi connectivity index (χ0n) is 10.7. The van der Waals surface area contributed by atoms with Crippen molar-refractivity contribution in [3.63, 3.8) is 0 Å². The van der Waals surface area contributed by atoms with Gasteiger partial charge in [-0.05, 0) is 12.8 Å². The van der Waals surface area contributed by atoms with Crippen molar-refractivity contribution in [2.24, 2.45) is 11.3 Å². The first-order valence-electron chi connectivity index (χ1n) is 5.98. The Morgan fingerprint density at radius 3 is 2.65 bits per heavy atom. The maximum Gasteiger partial charge on any atom is 0.313 e. The van der Waals surface area contributed by atoms with Crippen LogP contribution in [-0.4, -0.2) is 48.7 Å². The summed E-state index contributed by atoms with van der Waals surface area (Å²) in [5, 5.41) is 9.27. The number of amides is 1. The number of rotatable bonds is 5. The Labute approximate surface area is 102 Å². The topological polar surface area (TPSA) is 66.8 Å². The van der Waals surface area contributed by atoms with E-state index in [4.69, 9.17) is 4.74 Å². The van der Waals surface area contributed by atoms with Crippen LogP contribution < -0.4 is 0 Å². The molecule has 0 bridgehead atoms. The molecule has 0 spiro atoms. The van der Waals surface area contributed by atoms with Gasteiger partial charge in [-0.15, -0.1) is 0 Å². The minimum absolute atomic E-state index is 0.0397. The summed E-state index contributed by atoms with van der Waals surface area (Å²) in [6.45, 7) is 4.77. The number of hydrogen-bond acceptors (Lipinski definition) is 3. The fourth-order valence-corrected chi connectivity index (χ4v) is 2.18. The zero-order chi connectivity index (χ0) is 13.1. The van der Waals surface area contributed by atoms with E-state index in [-0.39, 0.29) is 25.0 Å². The van der Waals surface area contributed by atoms with E-state index in [0.717, 1.165) is 6.42 Å². The molecule has 2 atom stereocenters. The molecule has 1 rings (SSSR count). The number of carbonyl (C=O) groups is 2. The molecule has 0 aromatic rings. The molecule has 5 heteroatoms. The van der Waals surface area contributed by atoms with Crippen LogP contribution in [0.3, 0.4) is 0 Å². The first-order chi connectivity index (χ1) is 7.96. The molecule has 0 saturated carbocycles. The molecule has 1 N–H and O–H groups in total. The number of carboxylic acid groups (broad SMARTS) is 1. The van der Waals surface area contributed by atoms with E-state index in [1.807, 2.05) is 13.8 Å². The van der Waals surface area contributed by atoms with Crippen molar-refractivity contribution in [3.8, 4) is 0 Å². The Bertz CT molecular complexity index is 305. The monoisotopic (exact) mass is 243 g/mol. The Morgan fingerprint density at radius 2 is 2.18 bits per heavy atom. The molecule has 0 radical (unpaired) electrons. The van der Waals surface area contributed by atoms with Gasteiger partial charge in [0.05, 0.1) is 6.61 Å². The number of likely N-dealkylation sites (tertiary alicyclic amines) is 1. The Balaban J connectivity index is 2.73. The average Bonchev–Trinajstić information content (AvgIpc) is 2.73. The number of carbonyl (C=O) groups excluding carboxylic acids is 1. The van der Waals surface area contributed by atoms with Crippen molar-refractivity contribution in [2.75, 3.05) is 26.8 Å². The SMILES string of the molecule is CCC(C)C(=O)N1CCC(COC)(C(=O)O)C1. The minimum atomic E-state index is -0.919. The first kappa shape index (κ1) is 14.0. The van der Waals surface area contributed by atoms with Crippen molar-refractivity contribution in [2.45, 2.75) is 26.7 Å². The molecule has 2 unspecified atom stereocenters. The number of hydrogen-bond donors (Lipinski definition) is 1. The van der Waals surface area contributed by atoms with Gasteiger partial charge in [0.25, 0.3) is 0 Å². The van der Waals surface area contributed by atoms with Crippen molar-refractivity contribution in [1.29, 1.82) is 0 Å².